The van der Waals surface area contributed by atoms with Gasteiger partial charge in [0.25, 0.3) is 0 Å². The SMILES string of the molecule is CC(C)(C)N.O=S(=O)(O)C(F)(F)F. The molecule has 4 nitrogen and oxygen atoms in total. The number of rotatable bonds is 0. The molecule has 0 fully saturated rings. The van der Waals surface area contributed by atoms with Crippen LogP contribution in [0.5, 0.6) is 0 Å². The van der Waals surface area contributed by atoms with Gasteiger partial charge in [0, 0.05) is 5.54 Å². The second-order valence-electron chi connectivity index (χ2n) is 3.29. The average molecular weight is 223 g/mol. The van der Waals surface area contributed by atoms with Crippen LogP contribution < -0.4 is 5.73 Å². The number of hydrogen-bond donors (Lipinski definition) is 2. The number of halogens is 3. The molecule has 0 unspecified atom stereocenters. The van der Waals surface area contributed by atoms with Gasteiger partial charge in [-0.1, -0.05) is 0 Å². The quantitative estimate of drug-likeness (QED) is 0.476. The molecule has 0 aromatic carbocycles. The van der Waals surface area contributed by atoms with Gasteiger partial charge in [0.2, 0.25) is 0 Å². The third-order valence-corrected chi connectivity index (χ3v) is 0.877. The van der Waals surface area contributed by atoms with Crippen molar-refractivity contribution in [2.45, 2.75) is 31.8 Å². The van der Waals surface area contributed by atoms with E-state index in [9.17, 15) is 13.2 Å². The Bertz CT molecular complexity index is 233. The van der Waals surface area contributed by atoms with Gasteiger partial charge in [0.15, 0.2) is 0 Å². The molecule has 0 spiro atoms. The summed E-state index contributed by atoms with van der Waals surface area (Å²) in [7, 11) is -5.84. The summed E-state index contributed by atoms with van der Waals surface area (Å²) >= 11 is 0. The minimum atomic E-state index is -5.84. The minimum absolute atomic E-state index is 0. The van der Waals surface area contributed by atoms with Crippen LogP contribution in [0, 0.1) is 0 Å². The van der Waals surface area contributed by atoms with Crippen molar-refractivity contribution in [3.05, 3.63) is 0 Å². The van der Waals surface area contributed by atoms with Crippen molar-refractivity contribution < 1.29 is 26.1 Å². The minimum Gasteiger partial charge on any atom is -0.326 e. The lowest BCUT2D eigenvalue weighted by atomic mass is 10.1. The van der Waals surface area contributed by atoms with Crippen molar-refractivity contribution in [1.29, 1.82) is 0 Å². The predicted molar refractivity (Wildman–Crippen MR) is 41.5 cm³/mol. The Morgan fingerprint density at radius 2 is 1.23 bits per heavy atom. The van der Waals surface area contributed by atoms with Crippen LogP contribution in [-0.4, -0.2) is 24.0 Å². The molecular weight excluding hydrogens is 211 g/mol. The van der Waals surface area contributed by atoms with E-state index in [0.29, 0.717) is 0 Å². The van der Waals surface area contributed by atoms with Gasteiger partial charge in [-0.3, -0.25) is 4.55 Å². The molecule has 3 N–H and O–H groups in total. The summed E-state index contributed by atoms with van der Waals surface area (Å²) in [5.41, 5.74) is -0.181. The lowest BCUT2D eigenvalue weighted by Crippen LogP contribution is -2.26. The number of hydrogen-bond acceptors (Lipinski definition) is 3. The topological polar surface area (TPSA) is 80.4 Å². The van der Waals surface area contributed by atoms with Gasteiger partial charge >= 0.3 is 15.6 Å². The largest absolute Gasteiger partial charge is 0.522 e. The molecule has 0 aromatic rings. The van der Waals surface area contributed by atoms with E-state index in [4.69, 9.17) is 18.7 Å². The highest BCUT2D eigenvalue weighted by molar-refractivity contribution is 7.86. The molecule has 0 heterocycles. The summed E-state index contributed by atoms with van der Waals surface area (Å²) in [5.74, 6) is 0. The number of nitrogens with two attached hydrogens (primary N) is 1. The van der Waals surface area contributed by atoms with Gasteiger partial charge in [0.05, 0.1) is 0 Å². The molecule has 0 aliphatic rings. The fourth-order valence-corrected chi connectivity index (χ4v) is 0. The van der Waals surface area contributed by atoms with E-state index in [0.717, 1.165) is 0 Å². The fourth-order valence-electron chi connectivity index (χ4n) is 0. The predicted octanol–water partition coefficient (Wildman–Crippen LogP) is 1.14. The van der Waals surface area contributed by atoms with Crippen molar-refractivity contribution in [2.24, 2.45) is 5.73 Å². The van der Waals surface area contributed by atoms with Crippen molar-refractivity contribution in [3.8, 4) is 0 Å². The Hall–Kier alpha value is -0.340. The third kappa shape index (κ3) is 14.5. The van der Waals surface area contributed by atoms with Gasteiger partial charge in [-0.2, -0.15) is 21.6 Å². The van der Waals surface area contributed by atoms with Gasteiger partial charge in [0.1, 0.15) is 0 Å². The first-order valence-corrected chi connectivity index (χ1v) is 4.52. The fraction of sp³-hybridized carbons (Fsp3) is 1.00. The molecule has 0 amide bonds. The zero-order valence-corrected chi connectivity index (χ0v) is 8.20. The maximum atomic E-state index is 10.7. The highest BCUT2D eigenvalue weighted by atomic mass is 32.2. The molecule has 13 heavy (non-hydrogen) atoms. The Morgan fingerprint density at radius 3 is 1.23 bits per heavy atom. The Labute approximate surface area is 74.7 Å². The van der Waals surface area contributed by atoms with Crippen molar-refractivity contribution in [2.75, 3.05) is 0 Å². The molecule has 0 saturated heterocycles. The Balaban J connectivity index is 0. The lowest BCUT2D eigenvalue weighted by Gasteiger charge is -2.06. The summed E-state index contributed by atoms with van der Waals surface area (Å²) in [6.07, 6.45) is 0. The van der Waals surface area contributed by atoms with E-state index in [1.54, 1.807) is 0 Å². The van der Waals surface area contributed by atoms with Crippen LogP contribution in [0.3, 0.4) is 0 Å². The first-order valence-electron chi connectivity index (χ1n) is 3.08. The molecular formula is C5H12F3NO3S. The Kier molecular flexibility index (Phi) is 4.95. The third-order valence-electron chi connectivity index (χ3n) is 0.292. The summed E-state index contributed by atoms with van der Waals surface area (Å²) in [6.45, 7) is 5.90. The summed E-state index contributed by atoms with van der Waals surface area (Å²) < 4.78 is 57.5. The van der Waals surface area contributed by atoms with Crippen LogP contribution >= 0.6 is 0 Å². The van der Waals surface area contributed by atoms with Crippen molar-refractivity contribution in [3.63, 3.8) is 0 Å². The second-order valence-corrected chi connectivity index (χ2v) is 4.70. The molecule has 0 atom stereocenters. The normalized spacial score (nSPS) is 13.2. The van der Waals surface area contributed by atoms with E-state index in [1.807, 2.05) is 20.8 Å². The van der Waals surface area contributed by atoms with Crippen LogP contribution in [0.2, 0.25) is 0 Å². The monoisotopic (exact) mass is 223 g/mol. The van der Waals surface area contributed by atoms with Gasteiger partial charge in [-0.25, -0.2) is 0 Å². The summed E-state index contributed by atoms with van der Waals surface area (Å²) in [4.78, 5) is 0. The van der Waals surface area contributed by atoms with Crippen molar-refractivity contribution in [1.82, 2.24) is 0 Å². The van der Waals surface area contributed by atoms with Crippen LogP contribution in [0.4, 0.5) is 13.2 Å². The summed E-state index contributed by atoms with van der Waals surface area (Å²) in [6, 6.07) is 0. The molecule has 0 radical (unpaired) electrons. The lowest BCUT2D eigenvalue weighted by molar-refractivity contribution is -0.0510. The van der Waals surface area contributed by atoms with Crippen LogP contribution in [0.1, 0.15) is 20.8 Å². The van der Waals surface area contributed by atoms with Gasteiger partial charge in [-0.05, 0) is 20.8 Å². The standard InChI is InChI=1S/C4H11N.CHF3O3S/c1-4(2,3)5;2-1(3,4)8(5,6)7/h5H2,1-3H3;(H,5,6,7). The van der Waals surface area contributed by atoms with Gasteiger partial charge < -0.3 is 5.73 Å². The highest BCUT2D eigenvalue weighted by Crippen LogP contribution is 2.20. The molecule has 0 saturated carbocycles. The number of alkyl halides is 3. The van der Waals surface area contributed by atoms with Crippen LogP contribution in [0.25, 0.3) is 0 Å². The van der Waals surface area contributed by atoms with E-state index in [2.05, 4.69) is 0 Å². The van der Waals surface area contributed by atoms with E-state index < -0.39 is 15.6 Å². The maximum absolute atomic E-state index is 10.7. The zero-order valence-electron chi connectivity index (χ0n) is 7.38. The average Bonchev–Trinajstić information content (AvgIpc) is 1.50. The van der Waals surface area contributed by atoms with Gasteiger partial charge in [-0.15, -0.1) is 0 Å². The molecule has 0 rings (SSSR count). The van der Waals surface area contributed by atoms with Crippen LogP contribution in [0.15, 0.2) is 0 Å². The molecule has 8 heteroatoms. The van der Waals surface area contributed by atoms with E-state index in [1.165, 1.54) is 0 Å². The van der Waals surface area contributed by atoms with E-state index >= 15 is 0 Å². The highest BCUT2D eigenvalue weighted by Gasteiger charge is 2.44. The van der Waals surface area contributed by atoms with E-state index in [-0.39, 0.29) is 5.54 Å². The molecule has 0 aliphatic carbocycles. The van der Waals surface area contributed by atoms with Crippen LogP contribution in [-0.2, 0) is 10.1 Å². The molecule has 0 aliphatic heterocycles. The van der Waals surface area contributed by atoms with Crippen molar-refractivity contribution >= 4 is 10.1 Å². The Morgan fingerprint density at radius 1 is 1.15 bits per heavy atom. The molecule has 82 valence electrons. The second kappa shape index (κ2) is 4.25. The first-order chi connectivity index (χ1) is 5.25. The zero-order chi connectivity index (χ0) is 11.5. The smallest absolute Gasteiger partial charge is 0.326 e. The maximum Gasteiger partial charge on any atom is 0.522 e. The summed E-state index contributed by atoms with van der Waals surface area (Å²) in [5, 5.41) is 0. The molecule has 0 aromatic heterocycles. The molecule has 0 bridgehead atoms. The first kappa shape index (κ1) is 15.1.